The molecule has 0 saturated heterocycles. The normalized spacial score (nSPS) is 10.0. The van der Waals surface area contributed by atoms with Crippen molar-refractivity contribution in [1.29, 1.82) is 0 Å². The van der Waals surface area contributed by atoms with Crippen LogP contribution in [-0.2, 0) is 6.54 Å². The highest BCUT2D eigenvalue weighted by Gasteiger charge is 1.98. The van der Waals surface area contributed by atoms with E-state index in [1.807, 2.05) is 0 Å². The average Bonchev–Trinajstić information content (AvgIpc) is 2.74. The van der Waals surface area contributed by atoms with Gasteiger partial charge in [0.1, 0.15) is 6.33 Å². The van der Waals surface area contributed by atoms with Crippen LogP contribution in [0.4, 0.5) is 5.13 Å². The molecule has 0 spiro atoms. The van der Waals surface area contributed by atoms with E-state index in [1.165, 1.54) is 17.9 Å². The van der Waals surface area contributed by atoms with E-state index in [0.29, 0.717) is 12.4 Å². The molecule has 0 fully saturated rings. The Hall–Kier alpha value is -1.57. The highest BCUT2D eigenvalue weighted by Crippen LogP contribution is 2.06. The standard InChI is InChI=1S/C4H5N7S/c1(3-8-10-11-9-3)5-4-6-2-7-12-4/h2H,1H2,(H,5,6,7)(H,8,9,10,11). The summed E-state index contributed by atoms with van der Waals surface area (Å²) < 4.78 is 3.83. The van der Waals surface area contributed by atoms with Gasteiger partial charge in [0.15, 0.2) is 5.82 Å². The molecule has 0 unspecified atom stereocenters. The van der Waals surface area contributed by atoms with Gasteiger partial charge in [-0.2, -0.15) is 9.59 Å². The van der Waals surface area contributed by atoms with Crippen LogP contribution < -0.4 is 5.32 Å². The molecule has 0 aliphatic carbocycles. The van der Waals surface area contributed by atoms with Gasteiger partial charge in [0, 0.05) is 11.5 Å². The zero-order valence-electron chi connectivity index (χ0n) is 5.93. The van der Waals surface area contributed by atoms with Crippen molar-refractivity contribution in [3.63, 3.8) is 0 Å². The first kappa shape index (κ1) is 7.10. The summed E-state index contributed by atoms with van der Waals surface area (Å²) >= 11 is 1.29. The number of tetrazole rings is 1. The number of anilines is 1. The molecule has 0 radical (unpaired) electrons. The molecule has 2 aromatic rings. The largest absolute Gasteiger partial charge is 0.353 e. The van der Waals surface area contributed by atoms with E-state index in [0.717, 1.165) is 5.13 Å². The van der Waals surface area contributed by atoms with Crippen LogP contribution in [0.3, 0.4) is 0 Å². The van der Waals surface area contributed by atoms with Gasteiger partial charge in [-0.1, -0.05) is 5.21 Å². The Labute approximate surface area is 71.4 Å². The molecule has 2 aromatic heterocycles. The topological polar surface area (TPSA) is 92.3 Å². The summed E-state index contributed by atoms with van der Waals surface area (Å²) in [5.74, 6) is 0.602. The number of aromatic nitrogens is 6. The van der Waals surface area contributed by atoms with Gasteiger partial charge < -0.3 is 5.32 Å². The molecule has 12 heavy (non-hydrogen) atoms. The summed E-state index contributed by atoms with van der Waals surface area (Å²) in [5.41, 5.74) is 0. The molecule has 0 aliphatic rings. The number of hydrogen-bond donors (Lipinski definition) is 2. The summed E-state index contributed by atoms with van der Waals surface area (Å²) in [6.45, 7) is 0.506. The van der Waals surface area contributed by atoms with Crippen LogP contribution in [-0.4, -0.2) is 30.0 Å². The van der Waals surface area contributed by atoms with Crippen LogP contribution in [0.5, 0.6) is 0 Å². The third-order valence-electron chi connectivity index (χ3n) is 1.15. The highest BCUT2D eigenvalue weighted by atomic mass is 32.1. The lowest BCUT2D eigenvalue weighted by Crippen LogP contribution is -2.00. The van der Waals surface area contributed by atoms with E-state index in [9.17, 15) is 0 Å². The van der Waals surface area contributed by atoms with Crippen LogP contribution in [0.25, 0.3) is 0 Å². The van der Waals surface area contributed by atoms with Crippen molar-refractivity contribution in [1.82, 2.24) is 30.0 Å². The summed E-state index contributed by atoms with van der Waals surface area (Å²) in [7, 11) is 0. The molecule has 0 aliphatic heterocycles. The average molecular weight is 183 g/mol. The van der Waals surface area contributed by atoms with Gasteiger partial charge in [-0.05, 0) is 0 Å². The number of nitrogens with zero attached hydrogens (tertiary/aromatic N) is 5. The second-order valence-electron chi connectivity index (χ2n) is 1.93. The first-order valence-corrected chi connectivity index (χ1v) is 3.95. The highest BCUT2D eigenvalue weighted by molar-refractivity contribution is 7.09. The van der Waals surface area contributed by atoms with Crippen LogP contribution in [0, 0.1) is 0 Å². The Morgan fingerprint density at radius 3 is 3.25 bits per heavy atom. The van der Waals surface area contributed by atoms with Gasteiger partial charge in [0.05, 0.1) is 6.54 Å². The SMILES string of the molecule is c1nsc(NCc2nn[nH]n2)n1. The smallest absolute Gasteiger partial charge is 0.202 e. The lowest BCUT2D eigenvalue weighted by Gasteiger charge is -1.93. The second-order valence-corrected chi connectivity index (χ2v) is 2.71. The fourth-order valence-corrected chi connectivity index (χ4v) is 1.09. The third-order valence-corrected chi connectivity index (χ3v) is 1.77. The molecule has 2 N–H and O–H groups in total. The zero-order chi connectivity index (χ0) is 8.23. The van der Waals surface area contributed by atoms with Crippen LogP contribution >= 0.6 is 11.5 Å². The fourth-order valence-electron chi connectivity index (χ4n) is 0.663. The number of hydrogen-bond acceptors (Lipinski definition) is 7. The Balaban J connectivity index is 1.91. The van der Waals surface area contributed by atoms with Crippen molar-refractivity contribution in [2.45, 2.75) is 6.54 Å². The number of H-pyrrole nitrogens is 1. The lowest BCUT2D eigenvalue weighted by atomic mass is 10.6. The minimum absolute atomic E-state index is 0.506. The monoisotopic (exact) mass is 183 g/mol. The minimum Gasteiger partial charge on any atom is -0.353 e. The lowest BCUT2D eigenvalue weighted by molar-refractivity contribution is 0.881. The number of aromatic amines is 1. The Morgan fingerprint density at radius 1 is 1.58 bits per heavy atom. The van der Waals surface area contributed by atoms with Gasteiger partial charge in [-0.15, -0.1) is 10.2 Å². The molecule has 62 valence electrons. The number of nitrogens with one attached hydrogen (secondary N) is 2. The summed E-state index contributed by atoms with van der Waals surface area (Å²) in [5, 5.41) is 17.0. The van der Waals surface area contributed by atoms with Crippen molar-refractivity contribution in [3.8, 4) is 0 Å². The summed E-state index contributed by atoms with van der Waals surface area (Å²) in [4.78, 5) is 3.93. The molecule has 8 heteroatoms. The molecule has 7 nitrogen and oxygen atoms in total. The maximum absolute atomic E-state index is 3.93. The summed E-state index contributed by atoms with van der Waals surface area (Å²) in [6.07, 6.45) is 1.49. The first-order valence-electron chi connectivity index (χ1n) is 3.18. The number of rotatable bonds is 3. The van der Waals surface area contributed by atoms with E-state index in [2.05, 4.69) is 35.3 Å². The summed E-state index contributed by atoms with van der Waals surface area (Å²) in [6, 6.07) is 0. The van der Waals surface area contributed by atoms with Gasteiger partial charge in [0.2, 0.25) is 5.13 Å². The van der Waals surface area contributed by atoms with E-state index < -0.39 is 0 Å². The van der Waals surface area contributed by atoms with E-state index in [-0.39, 0.29) is 0 Å². The predicted molar refractivity (Wildman–Crippen MR) is 41.4 cm³/mol. The molecule has 2 rings (SSSR count). The molecule has 0 aromatic carbocycles. The van der Waals surface area contributed by atoms with E-state index in [1.54, 1.807) is 0 Å². The molecule has 0 bridgehead atoms. The second kappa shape index (κ2) is 3.22. The van der Waals surface area contributed by atoms with Crippen LogP contribution in [0.2, 0.25) is 0 Å². The molecule has 0 saturated carbocycles. The van der Waals surface area contributed by atoms with Crippen LogP contribution in [0.1, 0.15) is 5.82 Å². The van der Waals surface area contributed by atoms with E-state index >= 15 is 0 Å². The molecular weight excluding hydrogens is 178 g/mol. The van der Waals surface area contributed by atoms with Crippen molar-refractivity contribution < 1.29 is 0 Å². The maximum Gasteiger partial charge on any atom is 0.202 e. The van der Waals surface area contributed by atoms with Crippen molar-refractivity contribution >= 4 is 16.7 Å². The first-order chi connectivity index (χ1) is 5.95. The fraction of sp³-hybridized carbons (Fsp3) is 0.250. The molecule has 0 atom stereocenters. The third kappa shape index (κ3) is 1.53. The molecule has 2 heterocycles. The quantitative estimate of drug-likeness (QED) is 0.676. The predicted octanol–water partition coefficient (Wildman–Crippen LogP) is -0.337. The van der Waals surface area contributed by atoms with Gasteiger partial charge >= 0.3 is 0 Å². The Bertz CT molecular complexity index is 279. The van der Waals surface area contributed by atoms with Crippen LogP contribution in [0.15, 0.2) is 6.33 Å². The molecule has 0 amide bonds. The van der Waals surface area contributed by atoms with E-state index in [4.69, 9.17) is 0 Å². The molecular formula is C4H5N7S. The zero-order valence-corrected chi connectivity index (χ0v) is 6.75. The van der Waals surface area contributed by atoms with Gasteiger partial charge in [-0.3, -0.25) is 0 Å². The Morgan fingerprint density at radius 2 is 2.58 bits per heavy atom. The minimum atomic E-state index is 0.506. The van der Waals surface area contributed by atoms with Crippen molar-refractivity contribution in [3.05, 3.63) is 12.2 Å². The van der Waals surface area contributed by atoms with Crippen molar-refractivity contribution in [2.75, 3.05) is 5.32 Å². The Kier molecular flexibility index (Phi) is 1.90. The van der Waals surface area contributed by atoms with Crippen molar-refractivity contribution in [2.24, 2.45) is 0 Å². The van der Waals surface area contributed by atoms with Gasteiger partial charge in [-0.25, -0.2) is 4.98 Å². The maximum atomic E-state index is 3.93. The van der Waals surface area contributed by atoms with Gasteiger partial charge in [0.25, 0.3) is 0 Å².